The molecule has 96 valence electrons. The first-order chi connectivity index (χ1) is 8.59. The quantitative estimate of drug-likeness (QED) is 0.857. The van der Waals surface area contributed by atoms with E-state index < -0.39 is 10.0 Å². The first-order valence-electron chi connectivity index (χ1n) is 5.62. The lowest BCUT2D eigenvalue weighted by molar-refractivity contribution is 0.202. The van der Waals surface area contributed by atoms with Crippen LogP contribution in [0.4, 0.5) is 0 Å². The number of aryl methyl sites for hydroxylation is 1. The van der Waals surface area contributed by atoms with Crippen molar-refractivity contribution in [2.24, 2.45) is 0 Å². The summed E-state index contributed by atoms with van der Waals surface area (Å²) in [6.07, 6.45) is 3.64. The lowest BCUT2D eigenvalue weighted by Crippen LogP contribution is -2.50. The van der Waals surface area contributed by atoms with Crippen molar-refractivity contribution in [3.63, 3.8) is 0 Å². The van der Waals surface area contributed by atoms with Crippen molar-refractivity contribution >= 4 is 21.4 Å². The number of thiophene rings is 1. The van der Waals surface area contributed by atoms with Crippen LogP contribution in [-0.4, -0.2) is 35.4 Å². The molecular weight excluding hydrogens is 270 g/mol. The molecule has 5 nitrogen and oxygen atoms in total. The second-order valence-electron chi connectivity index (χ2n) is 4.29. The number of imidazole rings is 1. The number of hydrogen-bond donors (Lipinski definition) is 0. The summed E-state index contributed by atoms with van der Waals surface area (Å²) in [7, 11) is -3.28. The highest BCUT2D eigenvalue weighted by Crippen LogP contribution is 2.30. The van der Waals surface area contributed by atoms with Crippen LogP contribution >= 0.6 is 11.3 Å². The van der Waals surface area contributed by atoms with E-state index in [-0.39, 0.29) is 6.04 Å². The molecule has 0 aromatic carbocycles. The molecule has 0 amide bonds. The van der Waals surface area contributed by atoms with Crippen LogP contribution in [0.1, 0.15) is 11.9 Å². The van der Waals surface area contributed by atoms with Gasteiger partial charge in [0.2, 0.25) is 0 Å². The average Bonchev–Trinajstić information content (AvgIpc) is 2.87. The number of rotatable bonds is 3. The summed E-state index contributed by atoms with van der Waals surface area (Å²) in [4.78, 5) is 4.15. The summed E-state index contributed by atoms with van der Waals surface area (Å²) in [5.41, 5.74) is 0. The van der Waals surface area contributed by atoms with Gasteiger partial charge in [-0.1, -0.05) is 6.07 Å². The molecule has 18 heavy (non-hydrogen) atoms. The largest absolute Gasteiger partial charge is 0.329 e. The fraction of sp³-hybridized carbons (Fsp3) is 0.364. The summed E-state index contributed by atoms with van der Waals surface area (Å²) in [5, 5.41) is 1.78. The minimum absolute atomic E-state index is 0.210. The predicted octanol–water partition coefficient (Wildman–Crippen LogP) is 1.50. The molecule has 1 saturated heterocycles. The van der Waals surface area contributed by atoms with E-state index in [2.05, 4.69) is 4.98 Å². The fourth-order valence-electron chi connectivity index (χ4n) is 2.10. The van der Waals surface area contributed by atoms with Gasteiger partial charge in [0, 0.05) is 25.5 Å². The van der Waals surface area contributed by atoms with Crippen LogP contribution in [0.25, 0.3) is 0 Å². The van der Waals surface area contributed by atoms with Crippen LogP contribution in [-0.2, 0) is 10.0 Å². The van der Waals surface area contributed by atoms with Crippen LogP contribution in [0.3, 0.4) is 0 Å². The Kier molecular flexibility index (Phi) is 2.76. The zero-order valence-electron chi connectivity index (χ0n) is 9.85. The standard InChI is InChI=1S/C11H13N3O2S2/c1-9-12-4-5-14(9)10-7-13(8-10)18(15,16)11-3-2-6-17-11/h2-6,10H,7-8H2,1H3. The summed E-state index contributed by atoms with van der Waals surface area (Å²) in [5.74, 6) is 0.924. The summed E-state index contributed by atoms with van der Waals surface area (Å²) in [6, 6.07) is 3.62. The third kappa shape index (κ3) is 1.79. The van der Waals surface area contributed by atoms with E-state index in [1.54, 1.807) is 23.7 Å². The number of hydrogen-bond acceptors (Lipinski definition) is 4. The third-order valence-corrected chi connectivity index (χ3v) is 6.38. The van der Waals surface area contributed by atoms with Crippen molar-refractivity contribution < 1.29 is 8.42 Å². The molecule has 1 aliphatic heterocycles. The van der Waals surface area contributed by atoms with Crippen molar-refractivity contribution in [3.05, 3.63) is 35.7 Å². The van der Waals surface area contributed by atoms with Gasteiger partial charge in [-0.15, -0.1) is 11.3 Å². The molecule has 2 aromatic heterocycles. The van der Waals surface area contributed by atoms with Gasteiger partial charge in [-0.05, 0) is 18.4 Å². The van der Waals surface area contributed by atoms with Crippen molar-refractivity contribution in [2.45, 2.75) is 17.2 Å². The topological polar surface area (TPSA) is 55.2 Å². The second-order valence-corrected chi connectivity index (χ2v) is 7.40. The first-order valence-corrected chi connectivity index (χ1v) is 7.94. The molecule has 0 unspecified atom stereocenters. The molecule has 1 fully saturated rings. The molecule has 0 N–H and O–H groups in total. The zero-order chi connectivity index (χ0) is 12.8. The van der Waals surface area contributed by atoms with Crippen LogP contribution < -0.4 is 0 Å². The Morgan fingerprint density at radius 3 is 2.78 bits per heavy atom. The second kappa shape index (κ2) is 4.18. The lowest BCUT2D eigenvalue weighted by atomic mass is 10.2. The minimum atomic E-state index is -3.28. The maximum absolute atomic E-state index is 12.2. The average molecular weight is 283 g/mol. The van der Waals surface area contributed by atoms with E-state index >= 15 is 0 Å². The highest BCUT2D eigenvalue weighted by atomic mass is 32.2. The zero-order valence-corrected chi connectivity index (χ0v) is 11.5. The highest BCUT2D eigenvalue weighted by molar-refractivity contribution is 7.91. The maximum Gasteiger partial charge on any atom is 0.252 e. The Labute approximate surface area is 110 Å². The SMILES string of the molecule is Cc1nccn1C1CN(S(=O)(=O)c2cccs2)C1. The van der Waals surface area contributed by atoms with Gasteiger partial charge in [0.1, 0.15) is 10.0 Å². The Morgan fingerprint density at radius 1 is 1.44 bits per heavy atom. The van der Waals surface area contributed by atoms with E-state index in [0.29, 0.717) is 17.3 Å². The normalized spacial score (nSPS) is 17.8. The molecule has 0 bridgehead atoms. The van der Waals surface area contributed by atoms with E-state index in [1.165, 1.54) is 15.6 Å². The van der Waals surface area contributed by atoms with Crippen LogP contribution in [0.15, 0.2) is 34.1 Å². The van der Waals surface area contributed by atoms with Gasteiger partial charge in [-0.3, -0.25) is 0 Å². The predicted molar refractivity (Wildman–Crippen MR) is 69.1 cm³/mol. The van der Waals surface area contributed by atoms with E-state index in [0.717, 1.165) is 5.82 Å². The van der Waals surface area contributed by atoms with E-state index in [4.69, 9.17) is 0 Å². The van der Waals surface area contributed by atoms with Crippen molar-refractivity contribution in [2.75, 3.05) is 13.1 Å². The molecule has 7 heteroatoms. The molecule has 3 heterocycles. The van der Waals surface area contributed by atoms with Crippen LogP contribution in [0, 0.1) is 6.92 Å². The van der Waals surface area contributed by atoms with Crippen LogP contribution in [0.2, 0.25) is 0 Å². The third-order valence-electron chi connectivity index (χ3n) is 3.17. The highest BCUT2D eigenvalue weighted by Gasteiger charge is 2.38. The van der Waals surface area contributed by atoms with Gasteiger partial charge in [-0.25, -0.2) is 13.4 Å². The molecule has 2 aromatic rings. The van der Waals surface area contributed by atoms with E-state index in [9.17, 15) is 8.42 Å². The van der Waals surface area contributed by atoms with Gasteiger partial charge in [-0.2, -0.15) is 4.31 Å². The van der Waals surface area contributed by atoms with Crippen molar-refractivity contribution in [3.8, 4) is 0 Å². The van der Waals surface area contributed by atoms with Gasteiger partial charge in [0.05, 0.1) is 6.04 Å². The maximum atomic E-state index is 12.2. The van der Waals surface area contributed by atoms with Gasteiger partial charge < -0.3 is 4.57 Å². The molecule has 3 rings (SSSR count). The first kappa shape index (κ1) is 11.9. The summed E-state index contributed by atoms with van der Waals surface area (Å²) >= 11 is 1.26. The van der Waals surface area contributed by atoms with Crippen LogP contribution in [0.5, 0.6) is 0 Å². The van der Waals surface area contributed by atoms with Crippen molar-refractivity contribution in [1.82, 2.24) is 13.9 Å². The van der Waals surface area contributed by atoms with Gasteiger partial charge in [0.25, 0.3) is 10.0 Å². The monoisotopic (exact) mass is 283 g/mol. The molecule has 0 radical (unpaired) electrons. The number of nitrogens with zero attached hydrogens (tertiary/aromatic N) is 3. The number of sulfonamides is 1. The molecular formula is C11H13N3O2S2. The fourth-order valence-corrected chi connectivity index (χ4v) is 4.76. The summed E-state index contributed by atoms with van der Waals surface area (Å²) < 4.78 is 28.3. The van der Waals surface area contributed by atoms with Gasteiger partial charge >= 0.3 is 0 Å². The molecule has 0 aliphatic carbocycles. The molecule has 1 aliphatic rings. The minimum Gasteiger partial charge on any atom is -0.329 e. The lowest BCUT2D eigenvalue weighted by Gasteiger charge is -2.38. The van der Waals surface area contributed by atoms with Crippen molar-refractivity contribution in [1.29, 1.82) is 0 Å². The summed E-state index contributed by atoms with van der Waals surface area (Å²) in [6.45, 7) is 2.98. The Bertz CT molecular complexity index is 640. The van der Waals surface area contributed by atoms with E-state index in [1.807, 2.05) is 17.7 Å². The smallest absolute Gasteiger partial charge is 0.252 e. The Morgan fingerprint density at radius 2 is 2.22 bits per heavy atom. The Balaban J connectivity index is 1.75. The number of aromatic nitrogens is 2. The molecule has 0 spiro atoms. The molecule has 0 saturated carbocycles. The molecule has 0 atom stereocenters. The van der Waals surface area contributed by atoms with Gasteiger partial charge in [0.15, 0.2) is 0 Å². The Hall–Kier alpha value is -1.18.